The zero-order valence-electron chi connectivity index (χ0n) is 9.49. The van der Waals surface area contributed by atoms with E-state index in [0.717, 1.165) is 5.69 Å². The van der Waals surface area contributed by atoms with Gasteiger partial charge in [-0.05, 0) is 20.8 Å². The van der Waals surface area contributed by atoms with Crippen molar-refractivity contribution in [2.45, 2.75) is 26.8 Å². The SMILES string of the molecule is Cc1c(OCCN)c(=O)ccn1C(C)C. The summed E-state index contributed by atoms with van der Waals surface area (Å²) in [7, 11) is 0. The van der Waals surface area contributed by atoms with Crippen LogP contribution in [0.1, 0.15) is 25.6 Å². The largest absolute Gasteiger partial charge is 0.486 e. The highest BCUT2D eigenvalue weighted by molar-refractivity contribution is 5.27. The third-order valence-electron chi connectivity index (χ3n) is 2.25. The van der Waals surface area contributed by atoms with Crippen molar-refractivity contribution in [1.29, 1.82) is 0 Å². The summed E-state index contributed by atoms with van der Waals surface area (Å²) in [5.74, 6) is 0.414. The van der Waals surface area contributed by atoms with Crippen molar-refractivity contribution in [3.63, 3.8) is 0 Å². The lowest BCUT2D eigenvalue weighted by atomic mass is 10.2. The lowest BCUT2D eigenvalue weighted by molar-refractivity contribution is 0.317. The Morgan fingerprint density at radius 2 is 2.20 bits per heavy atom. The zero-order chi connectivity index (χ0) is 11.4. The third-order valence-corrected chi connectivity index (χ3v) is 2.25. The lowest BCUT2D eigenvalue weighted by Gasteiger charge is -2.17. The number of nitrogens with zero attached hydrogens (tertiary/aromatic N) is 1. The molecule has 1 rings (SSSR count). The van der Waals surface area contributed by atoms with Gasteiger partial charge < -0.3 is 15.0 Å². The summed E-state index contributed by atoms with van der Waals surface area (Å²) in [6.07, 6.45) is 1.79. The highest BCUT2D eigenvalue weighted by Crippen LogP contribution is 2.15. The van der Waals surface area contributed by atoms with Crippen LogP contribution in [-0.2, 0) is 0 Å². The molecule has 0 aliphatic heterocycles. The average molecular weight is 210 g/mol. The minimum Gasteiger partial charge on any atom is -0.486 e. The van der Waals surface area contributed by atoms with Gasteiger partial charge in [-0.25, -0.2) is 0 Å². The summed E-state index contributed by atoms with van der Waals surface area (Å²) in [4.78, 5) is 11.5. The van der Waals surface area contributed by atoms with Crippen LogP contribution in [0, 0.1) is 6.92 Å². The van der Waals surface area contributed by atoms with Gasteiger partial charge in [0.2, 0.25) is 5.43 Å². The second kappa shape index (κ2) is 4.98. The Morgan fingerprint density at radius 3 is 2.73 bits per heavy atom. The van der Waals surface area contributed by atoms with Crippen LogP contribution in [0.15, 0.2) is 17.1 Å². The maximum absolute atomic E-state index is 11.5. The molecule has 0 aliphatic rings. The van der Waals surface area contributed by atoms with Gasteiger partial charge in [0.25, 0.3) is 0 Å². The van der Waals surface area contributed by atoms with E-state index in [4.69, 9.17) is 10.5 Å². The summed E-state index contributed by atoms with van der Waals surface area (Å²) in [5, 5.41) is 0. The Labute approximate surface area is 89.7 Å². The average Bonchev–Trinajstić information content (AvgIpc) is 2.17. The molecule has 0 unspecified atom stereocenters. The van der Waals surface area contributed by atoms with Crippen LogP contribution in [0.3, 0.4) is 0 Å². The Bertz CT molecular complexity index is 383. The van der Waals surface area contributed by atoms with Crippen LogP contribution in [0.4, 0.5) is 0 Å². The van der Waals surface area contributed by atoms with Gasteiger partial charge in [0.1, 0.15) is 6.61 Å². The fourth-order valence-corrected chi connectivity index (χ4v) is 1.53. The molecule has 1 aromatic rings. The maximum Gasteiger partial charge on any atom is 0.223 e. The van der Waals surface area contributed by atoms with Crippen LogP contribution < -0.4 is 15.9 Å². The van der Waals surface area contributed by atoms with Crippen molar-refractivity contribution in [2.24, 2.45) is 5.73 Å². The maximum atomic E-state index is 11.5. The van der Waals surface area contributed by atoms with Crippen molar-refractivity contribution in [3.8, 4) is 5.75 Å². The number of rotatable bonds is 4. The number of aromatic nitrogens is 1. The van der Waals surface area contributed by atoms with E-state index in [-0.39, 0.29) is 5.43 Å². The molecule has 0 fully saturated rings. The van der Waals surface area contributed by atoms with Crippen molar-refractivity contribution in [3.05, 3.63) is 28.2 Å². The van der Waals surface area contributed by atoms with Crippen molar-refractivity contribution < 1.29 is 4.74 Å². The van der Waals surface area contributed by atoms with Crippen LogP contribution in [0.2, 0.25) is 0 Å². The first-order valence-electron chi connectivity index (χ1n) is 5.12. The molecule has 0 saturated carbocycles. The van der Waals surface area contributed by atoms with Crippen molar-refractivity contribution >= 4 is 0 Å². The zero-order valence-corrected chi connectivity index (χ0v) is 9.49. The van der Waals surface area contributed by atoms with E-state index in [9.17, 15) is 4.79 Å². The van der Waals surface area contributed by atoms with Gasteiger partial charge in [-0.15, -0.1) is 0 Å². The summed E-state index contributed by atoms with van der Waals surface area (Å²) >= 11 is 0. The van der Waals surface area contributed by atoms with Gasteiger partial charge in [-0.3, -0.25) is 4.79 Å². The summed E-state index contributed by atoms with van der Waals surface area (Å²) < 4.78 is 7.36. The van der Waals surface area contributed by atoms with Gasteiger partial charge in [0.05, 0.1) is 5.69 Å². The topological polar surface area (TPSA) is 57.2 Å². The summed E-state index contributed by atoms with van der Waals surface area (Å²) in [5.41, 5.74) is 6.11. The van der Waals surface area contributed by atoms with Crippen molar-refractivity contribution in [2.75, 3.05) is 13.2 Å². The normalized spacial score (nSPS) is 10.7. The second-order valence-corrected chi connectivity index (χ2v) is 3.73. The molecule has 0 aromatic carbocycles. The van der Waals surface area contributed by atoms with Crippen LogP contribution >= 0.6 is 0 Å². The number of hydrogen-bond donors (Lipinski definition) is 1. The molecule has 4 heteroatoms. The Hall–Kier alpha value is -1.29. The highest BCUT2D eigenvalue weighted by Gasteiger charge is 2.09. The predicted molar refractivity (Wildman–Crippen MR) is 60.4 cm³/mol. The molecular weight excluding hydrogens is 192 g/mol. The highest BCUT2D eigenvalue weighted by atomic mass is 16.5. The van der Waals surface area contributed by atoms with E-state index >= 15 is 0 Å². The monoisotopic (exact) mass is 210 g/mol. The van der Waals surface area contributed by atoms with Gasteiger partial charge in [0, 0.05) is 24.8 Å². The molecule has 0 spiro atoms. The first-order valence-corrected chi connectivity index (χ1v) is 5.12. The molecule has 0 amide bonds. The van der Waals surface area contributed by atoms with Crippen LogP contribution in [0.25, 0.3) is 0 Å². The standard InChI is InChI=1S/C11H18N2O2/c1-8(2)13-6-4-10(14)11(9(13)3)15-7-5-12/h4,6,8H,5,7,12H2,1-3H3. The fourth-order valence-electron chi connectivity index (χ4n) is 1.53. The third kappa shape index (κ3) is 2.59. The number of pyridine rings is 1. The van der Waals surface area contributed by atoms with Gasteiger partial charge >= 0.3 is 0 Å². The molecular formula is C11H18N2O2. The molecule has 2 N–H and O–H groups in total. The molecule has 0 saturated heterocycles. The van der Waals surface area contributed by atoms with Crippen molar-refractivity contribution in [1.82, 2.24) is 4.57 Å². The lowest BCUT2D eigenvalue weighted by Crippen LogP contribution is -2.19. The van der Waals surface area contributed by atoms with E-state index in [1.165, 1.54) is 6.07 Å². The quantitative estimate of drug-likeness (QED) is 0.809. The number of ether oxygens (including phenoxy) is 1. The number of hydrogen-bond acceptors (Lipinski definition) is 3. The molecule has 4 nitrogen and oxygen atoms in total. The molecule has 84 valence electrons. The second-order valence-electron chi connectivity index (χ2n) is 3.73. The Morgan fingerprint density at radius 1 is 1.53 bits per heavy atom. The summed E-state index contributed by atoms with van der Waals surface area (Å²) in [6.45, 7) is 6.79. The first kappa shape index (κ1) is 11.8. The fraction of sp³-hybridized carbons (Fsp3) is 0.545. The predicted octanol–water partition coefficient (Wildman–Crippen LogP) is 1.08. The van der Waals surface area contributed by atoms with E-state index < -0.39 is 0 Å². The van der Waals surface area contributed by atoms with Gasteiger partial charge in [-0.1, -0.05) is 0 Å². The Balaban J connectivity index is 3.12. The van der Waals surface area contributed by atoms with Gasteiger partial charge in [-0.2, -0.15) is 0 Å². The molecule has 1 aromatic heterocycles. The minimum absolute atomic E-state index is 0.0853. The minimum atomic E-state index is -0.0853. The molecule has 1 heterocycles. The van der Waals surface area contributed by atoms with Crippen LogP contribution in [-0.4, -0.2) is 17.7 Å². The molecule has 0 atom stereocenters. The Kier molecular flexibility index (Phi) is 3.91. The smallest absolute Gasteiger partial charge is 0.223 e. The van der Waals surface area contributed by atoms with E-state index in [1.807, 2.05) is 11.5 Å². The molecule has 0 radical (unpaired) electrons. The van der Waals surface area contributed by atoms with Gasteiger partial charge in [0.15, 0.2) is 5.75 Å². The molecule has 0 bridgehead atoms. The summed E-state index contributed by atoms with van der Waals surface area (Å²) in [6, 6.07) is 1.84. The molecule has 0 aliphatic carbocycles. The van der Waals surface area contributed by atoms with E-state index in [2.05, 4.69) is 13.8 Å². The number of nitrogens with two attached hydrogens (primary N) is 1. The van der Waals surface area contributed by atoms with E-state index in [0.29, 0.717) is 24.9 Å². The first-order chi connectivity index (χ1) is 7.07. The van der Waals surface area contributed by atoms with Crippen LogP contribution in [0.5, 0.6) is 5.75 Å². The molecule has 15 heavy (non-hydrogen) atoms. The van der Waals surface area contributed by atoms with E-state index in [1.54, 1.807) is 6.20 Å².